The summed E-state index contributed by atoms with van der Waals surface area (Å²) >= 11 is 8.01. The van der Waals surface area contributed by atoms with Crippen molar-refractivity contribution >= 4 is 35.0 Å². The van der Waals surface area contributed by atoms with E-state index in [-0.39, 0.29) is 5.91 Å². The van der Waals surface area contributed by atoms with Gasteiger partial charge in [0.1, 0.15) is 11.5 Å². The molecule has 1 aliphatic rings. The fourth-order valence-electron chi connectivity index (χ4n) is 2.42. The second kappa shape index (κ2) is 8.42. The van der Waals surface area contributed by atoms with Crippen LogP contribution < -0.4 is 10.1 Å². The van der Waals surface area contributed by atoms with Gasteiger partial charge in [-0.2, -0.15) is 11.8 Å². The van der Waals surface area contributed by atoms with E-state index in [9.17, 15) is 4.79 Å². The molecule has 0 saturated carbocycles. The Hall–Kier alpha value is -1.69. The van der Waals surface area contributed by atoms with Crippen molar-refractivity contribution in [3.8, 4) is 11.5 Å². The van der Waals surface area contributed by atoms with Crippen LogP contribution in [0, 0.1) is 0 Å². The molecule has 0 atom stereocenters. The average Bonchev–Trinajstić information content (AvgIpc) is 2.59. The number of ether oxygens (including phenoxy) is 1. The number of anilines is 1. The lowest BCUT2D eigenvalue weighted by atomic mass is 10.3. The number of carbonyl (C=O) groups excluding carboxylic acids is 1. The third kappa shape index (κ3) is 4.90. The predicted molar refractivity (Wildman–Crippen MR) is 100 cm³/mol. The molecule has 0 aromatic heterocycles. The first-order valence-corrected chi connectivity index (χ1v) is 9.36. The molecule has 1 aliphatic heterocycles. The Labute approximate surface area is 151 Å². The van der Waals surface area contributed by atoms with Gasteiger partial charge in [0.15, 0.2) is 0 Å². The molecule has 3 rings (SSSR count). The van der Waals surface area contributed by atoms with Gasteiger partial charge in [-0.1, -0.05) is 23.7 Å². The van der Waals surface area contributed by atoms with Gasteiger partial charge in [-0.3, -0.25) is 9.69 Å². The number of thioether (sulfide) groups is 1. The predicted octanol–water partition coefficient (Wildman–Crippen LogP) is 4.12. The molecule has 0 spiro atoms. The van der Waals surface area contributed by atoms with Crippen molar-refractivity contribution < 1.29 is 9.53 Å². The van der Waals surface area contributed by atoms with Gasteiger partial charge in [0.05, 0.1) is 11.6 Å². The summed E-state index contributed by atoms with van der Waals surface area (Å²) in [5, 5.41) is 3.49. The molecule has 1 fully saturated rings. The standard InChI is InChI=1S/C18H19ClN2O2S/c19-16-3-1-2-4-17(16)23-15-7-5-14(6-8-15)20-18(22)13-21-9-11-24-12-10-21/h1-8H,9-13H2,(H,20,22). The maximum Gasteiger partial charge on any atom is 0.238 e. The Balaban J connectivity index is 1.54. The van der Waals surface area contributed by atoms with Crippen LogP contribution >= 0.6 is 23.4 Å². The van der Waals surface area contributed by atoms with Crippen LogP contribution in [0.5, 0.6) is 11.5 Å². The van der Waals surface area contributed by atoms with Crippen molar-refractivity contribution in [2.75, 3.05) is 36.5 Å². The normalized spacial score (nSPS) is 15.0. The van der Waals surface area contributed by atoms with Gasteiger partial charge in [0.25, 0.3) is 0 Å². The fraction of sp³-hybridized carbons (Fsp3) is 0.278. The number of para-hydroxylation sites is 1. The highest BCUT2D eigenvalue weighted by atomic mass is 35.5. The van der Waals surface area contributed by atoms with Crippen LogP contribution in [0.2, 0.25) is 5.02 Å². The molecule has 2 aromatic rings. The molecule has 24 heavy (non-hydrogen) atoms. The number of carbonyl (C=O) groups is 1. The molecule has 6 heteroatoms. The van der Waals surface area contributed by atoms with E-state index in [1.165, 1.54) is 0 Å². The van der Waals surface area contributed by atoms with Crippen LogP contribution in [0.15, 0.2) is 48.5 Å². The van der Waals surface area contributed by atoms with E-state index in [0.717, 1.165) is 30.3 Å². The molecule has 1 saturated heterocycles. The highest BCUT2D eigenvalue weighted by molar-refractivity contribution is 7.99. The maximum absolute atomic E-state index is 12.1. The Kier molecular flexibility index (Phi) is 6.01. The van der Waals surface area contributed by atoms with E-state index < -0.39 is 0 Å². The quantitative estimate of drug-likeness (QED) is 0.868. The average molecular weight is 363 g/mol. The number of amides is 1. The first kappa shape index (κ1) is 17.1. The molecular weight excluding hydrogens is 344 g/mol. The Bertz CT molecular complexity index is 688. The van der Waals surface area contributed by atoms with E-state index in [4.69, 9.17) is 16.3 Å². The van der Waals surface area contributed by atoms with Crippen LogP contribution in [0.3, 0.4) is 0 Å². The van der Waals surface area contributed by atoms with Crippen molar-refractivity contribution in [2.45, 2.75) is 0 Å². The molecule has 1 N–H and O–H groups in total. The number of hydrogen-bond acceptors (Lipinski definition) is 4. The summed E-state index contributed by atoms with van der Waals surface area (Å²) in [5.41, 5.74) is 0.762. The highest BCUT2D eigenvalue weighted by Crippen LogP contribution is 2.29. The van der Waals surface area contributed by atoms with Gasteiger partial charge in [-0.25, -0.2) is 0 Å². The lowest BCUT2D eigenvalue weighted by Crippen LogP contribution is -2.38. The minimum Gasteiger partial charge on any atom is -0.456 e. The number of rotatable bonds is 5. The van der Waals surface area contributed by atoms with E-state index in [2.05, 4.69) is 10.2 Å². The maximum atomic E-state index is 12.1. The van der Waals surface area contributed by atoms with Crippen molar-refractivity contribution in [2.24, 2.45) is 0 Å². The first-order chi connectivity index (χ1) is 11.7. The molecule has 126 valence electrons. The summed E-state index contributed by atoms with van der Waals surface area (Å²) in [6, 6.07) is 14.6. The molecule has 0 bridgehead atoms. The largest absolute Gasteiger partial charge is 0.456 e. The third-order valence-corrected chi connectivity index (χ3v) is 4.93. The summed E-state index contributed by atoms with van der Waals surface area (Å²) in [6.45, 7) is 2.39. The molecule has 1 heterocycles. The van der Waals surface area contributed by atoms with E-state index in [0.29, 0.717) is 23.1 Å². The summed E-state index contributed by atoms with van der Waals surface area (Å²) in [6.07, 6.45) is 0. The van der Waals surface area contributed by atoms with Crippen molar-refractivity contribution in [3.05, 3.63) is 53.6 Å². The number of hydrogen-bond donors (Lipinski definition) is 1. The number of nitrogens with one attached hydrogen (secondary N) is 1. The molecule has 4 nitrogen and oxygen atoms in total. The number of benzene rings is 2. The molecule has 1 amide bonds. The van der Waals surface area contributed by atoms with Crippen molar-refractivity contribution in [1.82, 2.24) is 4.90 Å². The number of halogens is 1. The van der Waals surface area contributed by atoms with Gasteiger partial charge in [-0.05, 0) is 36.4 Å². The Morgan fingerprint density at radius 1 is 1.12 bits per heavy atom. The second-order valence-corrected chi connectivity index (χ2v) is 7.13. The van der Waals surface area contributed by atoms with Crippen LogP contribution in [-0.2, 0) is 4.79 Å². The SMILES string of the molecule is O=C(CN1CCSCC1)Nc1ccc(Oc2ccccc2Cl)cc1. The van der Waals surface area contributed by atoms with Crippen molar-refractivity contribution in [1.29, 1.82) is 0 Å². The smallest absolute Gasteiger partial charge is 0.238 e. The molecule has 0 aliphatic carbocycles. The Morgan fingerprint density at radius 2 is 1.83 bits per heavy atom. The molecule has 0 unspecified atom stereocenters. The van der Waals surface area contributed by atoms with E-state index in [1.807, 2.05) is 54.2 Å². The van der Waals surface area contributed by atoms with Crippen LogP contribution in [0.25, 0.3) is 0 Å². The molecule has 2 aromatic carbocycles. The minimum atomic E-state index is 0.0154. The van der Waals surface area contributed by atoms with Crippen LogP contribution in [-0.4, -0.2) is 41.9 Å². The monoisotopic (exact) mass is 362 g/mol. The van der Waals surface area contributed by atoms with Gasteiger partial charge < -0.3 is 10.1 Å². The lowest BCUT2D eigenvalue weighted by Gasteiger charge is -2.25. The van der Waals surface area contributed by atoms with Gasteiger partial charge in [0.2, 0.25) is 5.91 Å². The van der Waals surface area contributed by atoms with E-state index in [1.54, 1.807) is 6.07 Å². The van der Waals surface area contributed by atoms with Crippen LogP contribution in [0.4, 0.5) is 5.69 Å². The van der Waals surface area contributed by atoms with Crippen molar-refractivity contribution in [3.63, 3.8) is 0 Å². The zero-order valence-corrected chi connectivity index (χ0v) is 14.8. The topological polar surface area (TPSA) is 41.6 Å². The van der Waals surface area contributed by atoms with Gasteiger partial charge >= 0.3 is 0 Å². The van der Waals surface area contributed by atoms with E-state index >= 15 is 0 Å². The minimum absolute atomic E-state index is 0.0154. The van der Waals surface area contributed by atoms with Gasteiger partial charge in [0, 0.05) is 30.3 Å². The zero-order valence-electron chi connectivity index (χ0n) is 13.2. The second-order valence-electron chi connectivity index (χ2n) is 5.49. The number of nitrogens with zero attached hydrogens (tertiary/aromatic N) is 1. The third-order valence-electron chi connectivity index (χ3n) is 3.67. The molecule has 0 radical (unpaired) electrons. The molecular formula is C18H19ClN2O2S. The summed E-state index contributed by atoms with van der Waals surface area (Å²) < 4.78 is 5.74. The highest BCUT2D eigenvalue weighted by Gasteiger charge is 2.14. The first-order valence-electron chi connectivity index (χ1n) is 7.83. The summed E-state index contributed by atoms with van der Waals surface area (Å²) in [7, 11) is 0. The van der Waals surface area contributed by atoms with Crippen LogP contribution in [0.1, 0.15) is 0 Å². The van der Waals surface area contributed by atoms with Gasteiger partial charge in [-0.15, -0.1) is 0 Å². The zero-order chi connectivity index (χ0) is 16.8. The summed E-state index contributed by atoms with van der Waals surface area (Å²) in [5.74, 6) is 3.50. The lowest BCUT2D eigenvalue weighted by molar-refractivity contribution is -0.117. The fourth-order valence-corrected chi connectivity index (χ4v) is 3.58. The Morgan fingerprint density at radius 3 is 2.54 bits per heavy atom. The summed E-state index contributed by atoms with van der Waals surface area (Å²) in [4.78, 5) is 14.3.